The summed E-state index contributed by atoms with van der Waals surface area (Å²) in [6.07, 6.45) is 11.6. The van der Waals surface area contributed by atoms with Gasteiger partial charge in [0.15, 0.2) is 0 Å². The molecule has 0 atom stereocenters. The van der Waals surface area contributed by atoms with E-state index in [1.807, 2.05) is 12.2 Å². The van der Waals surface area contributed by atoms with Crippen LogP contribution in [0.3, 0.4) is 0 Å². The van der Waals surface area contributed by atoms with Crippen LogP contribution in [0.5, 0.6) is 0 Å². The molecule has 0 aromatic rings. The number of esters is 1. The number of rotatable bonds is 10. The SMILES string of the molecule is CCCCCCCCC(=O)OC/C=C\CBr. The maximum atomic E-state index is 11.2. The van der Waals surface area contributed by atoms with E-state index in [-0.39, 0.29) is 5.97 Å². The molecule has 3 heteroatoms. The molecule has 16 heavy (non-hydrogen) atoms. The zero-order valence-electron chi connectivity index (χ0n) is 10.2. The van der Waals surface area contributed by atoms with Crippen LogP contribution in [-0.2, 0) is 9.53 Å². The Labute approximate surface area is 108 Å². The van der Waals surface area contributed by atoms with Crippen LogP contribution in [-0.4, -0.2) is 17.9 Å². The van der Waals surface area contributed by atoms with Gasteiger partial charge >= 0.3 is 5.97 Å². The third-order valence-electron chi connectivity index (χ3n) is 2.33. The minimum Gasteiger partial charge on any atom is -0.461 e. The molecule has 0 bridgehead atoms. The molecule has 94 valence electrons. The molecular weight excluding hydrogens is 268 g/mol. The van der Waals surface area contributed by atoms with Crippen LogP contribution in [0.25, 0.3) is 0 Å². The van der Waals surface area contributed by atoms with Gasteiger partial charge in [-0.15, -0.1) is 0 Å². The fraction of sp³-hybridized carbons (Fsp3) is 0.769. The summed E-state index contributed by atoms with van der Waals surface area (Å²) in [5.41, 5.74) is 0. The Balaban J connectivity index is 3.20. The van der Waals surface area contributed by atoms with Crippen LogP contribution in [0, 0.1) is 0 Å². The monoisotopic (exact) mass is 290 g/mol. The predicted octanol–water partition coefficient (Wildman–Crippen LogP) is 4.23. The largest absolute Gasteiger partial charge is 0.461 e. The van der Waals surface area contributed by atoms with Crippen molar-refractivity contribution in [3.8, 4) is 0 Å². The zero-order valence-corrected chi connectivity index (χ0v) is 11.8. The summed E-state index contributed by atoms with van der Waals surface area (Å²) in [6.45, 7) is 2.61. The van der Waals surface area contributed by atoms with E-state index in [9.17, 15) is 4.79 Å². The average Bonchev–Trinajstić information content (AvgIpc) is 2.29. The van der Waals surface area contributed by atoms with Crippen LogP contribution in [0.2, 0.25) is 0 Å². The molecule has 0 fully saturated rings. The average molecular weight is 291 g/mol. The Bertz CT molecular complexity index is 190. The third-order valence-corrected chi connectivity index (χ3v) is 2.70. The molecule has 0 rings (SSSR count). The second kappa shape index (κ2) is 12.8. The lowest BCUT2D eigenvalue weighted by molar-refractivity contribution is -0.142. The van der Waals surface area contributed by atoms with Gasteiger partial charge in [0.05, 0.1) is 0 Å². The highest BCUT2D eigenvalue weighted by atomic mass is 79.9. The maximum absolute atomic E-state index is 11.2. The first kappa shape index (κ1) is 15.7. The van der Waals surface area contributed by atoms with Gasteiger partial charge in [0.2, 0.25) is 0 Å². The molecule has 0 radical (unpaired) electrons. The van der Waals surface area contributed by atoms with Gasteiger partial charge in [-0.2, -0.15) is 0 Å². The van der Waals surface area contributed by atoms with Crippen molar-refractivity contribution in [3.63, 3.8) is 0 Å². The van der Waals surface area contributed by atoms with Gasteiger partial charge < -0.3 is 4.74 Å². The summed E-state index contributed by atoms with van der Waals surface area (Å²) in [5, 5.41) is 0.808. The molecule has 0 aromatic carbocycles. The zero-order chi connectivity index (χ0) is 12.1. The van der Waals surface area contributed by atoms with E-state index in [1.54, 1.807) is 0 Å². The standard InChI is InChI=1S/C13H23BrO2/c1-2-3-4-5-6-7-10-13(15)16-12-9-8-11-14/h8-9H,2-7,10-12H2,1H3/b9-8-. The summed E-state index contributed by atoms with van der Waals surface area (Å²) in [6, 6.07) is 0. The molecular formula is C13H23BrO2. The molecule has 0 aromatic heterocycles. The second-order valence-corrected chi connectivity index (χ2v) is 4.47. The summed E-state index contributed by atoms with van der Waals surface area (Å²) in [7, 11) is 0. The molecule has 0 aliphatic carbocycles. The number of allylic oxidation sites excluding steroid dienone is 1. The van der Waals surface area contributed by atoms with Gasteiger partial charge in [-0.05, 0) is 6.42 Å². The fourth-order valence-electron chi connectivity index (χ4n) is 1.39. The van der Waals surface area contributed by atoms with Crippen LogP contribution < -0.4 is 0 Å². The van der Waals surface area contributed by atoms with E-state index in [2.05, 4.69) is 22.9 Å². The van der Waals surface area contributed by atoms with Crippen molar-refractivity contribution in [2.24, 2.45) is 0 Å². The van der Waals surface area contributed by atoms with E-state index in [1.165, 1.54) is 25.7 Å². The number of carbonyl (C=O) groups excluding carboxylic acids is 1. The number of hydrogen-bond donors (Lipinski definition) is 0. The maximum Gasteiger partial charge on any atom is 0.306 e. The Morgan fingerprint density at radius 1 is 1.12 bits per heavy atom. The number of halogens is 1. The number of carbonyl (C=O) groups is 1. The lowest BCUT2D eigenvalue weighted by Crippen LogP contribution is -2.03. The molecule has 0 aliphatic rings. The highest BCUT2D eigenvalue weighted by molar-refractivity contribution is 9.09. The Morgan fingerprint density at radius 3 is 2.50 bits per heavy atom. The molecule has 0 heterocycles. The van der Waals surface area contributed by atoms with Crippen LogP contribution in [0.1, 0.15) is 51.9 Å². The molecule has 0 unspecified atom stereocenters. The molecule has 0 aliphatic heterocycles. The van der Waals surface area contributed by atoms with Crippen molar-refractivity contribution in [1.29, 1.82) is 0 Å². The first-order chi connectivity index (χ1) is 7.81. The Hall–Kier alpha value is -0.310. The van der Waals surface area contributed by atoms with E-state index in [4.69, 9.17) is 4.74 Å². The predicted molar refractivity (Wildman–Crippen MR) is 71.9 cm³/mol. The molecule has 0 amide bonds. The quantitative estimate of drug-likeness (QED) is 0.260. The van der Waals surface area contributed by atoms with Gasteiger partial charge in [-0.3, -0.25) is 4.79 Å². The van der Waals surface area contributed by atoms with Gasteiger partial charge in [0.25, 0.3) is 0 Å². The third kappa shape index (κ3) is 11.8. The first-order valence-electron chi connectivity index (χ1n) is 6.17. The van der Waals surface area contributed by atoms with Crippen molar-refractivity contribution < 1.29 is 9.53 Å². The Kier molecular flexibility index (Phi) is 12.5. The highest BCUT2D eigenvalue weighted by Crippen LogP contribution is 2.07. The van der Waals surface area contributed by atoms with E-state index in [0.717, 1.165) is 18.2 Å². The van der Waals surface area contributed by atoms with Crippen molar-refractivity contribution in [2.75, 3.05) is 11.9 Å². The van der Waals surface area contributed by atoms with Crippen LogP contribution >= 0.6 is 15.9 Å². The van der Waals surface area contributed by atoms with Gasteiger partial charge in [0, 0.05) is 11.8 Å². The van der Waals surface area contributed by atoms with Crippen molar-refractivity contribution >= 4 is 21.9 Å². The van der Waals surface area contributed by atoms with E-state index >= 15 is 0 Å². The van der Waals surface area contributed by atoms with Crippen LogP contribution in [0.4, 0.5) is 0 Å². The van der Waals surface area contributed by atoms with Gasteiger partial charge in [-0.1, -0.05) is 67.1 Å². The Morgan fingerprint density at radius 2 is 1.81 bits per heavy atom. The topological polar surface area (TPSA) is 26.3 Å². The lowest BCUT2D eigenvalue weighted by atomic mass is 10.1. The summed E-state index contributed by atoms with van der Waals surface area (Å²) in [4.78, 5) is 11.2. The number of hydrogen-bond acceptors (Lipinski definition) is 2. The van der Waals surface area contributed by atoms with Gasteiger partial charge in [-0.25, -0.2) is 0 Å². The summed E-state index contributed by atoms with van der Waals surface area (Å²) < 4.78 is 5.03. The lowest BCUT2D eigenvalue weighted by Gasteiger charge is -2.02. The molecule has 0 saturated carbocycles. The van der Waals surface area contributed by atoms with E-state index < -0.39 is 0 Å². The number of alkyl halides is 1. The molecule has 2 nitrogen and oxygen atoms in total. The summed E-state index contributed by atoms with van der Waals surface area (Å²) in [5.74, 6) is -0.0743. The highest BCUT2D eigenvalue weighted by Gasteiger charge is 2.00. The van der Waals surface area contributed by atoms with Crippen molar-refractivity contribution in [2.45, 2.75) is 51.9 Å². The molecule has 0 saturated heterocycles. The smallest absolute Gasteiger partial charge is 0.306 e. The molecule has 0 spiro atoms. The first-order valence-corrected chi connectivity index (χ1v) is 7.30. The van der Waals surface area contributed by atoms with Crippen molar-refractivity contribution in [3.05, 3.63) is 12.2 Å². The number of unbranched alkanes of at least 4 members (excludes halogenated alkanes) is 5. The number of ether oxygens (including phenoxy) is 1. The molecule has 0 N–H and O–H groups in total. The summed E-state index contributed by atoms with van der Waals surface area (Å²) >= 11 is 3.26. The fourth-order valence-corrected chi connectivity index (χ4v) is 1.66. The minimum atomic E-state index is -0.0743. The normalized spacial score (nSPS) is 10.9. The van der Waals surface area contributed by atoms with Gasteiger partial charge in [0.1, 0.15) is 6.61 Å². The second-order valence-electron chi connectivity index (χ2n) is 3.83. The van der Waals surface area contributed by atoms with Crippen LogP contribution in [0.15, 0.2) is 12.2 Å². The van der Waals surface area contributed by atoms with Crippen molar-refractivity contribution in [1.82, 2.24) is 0 Å². The van der Waals surface area contributed by atoms with E-state index in [0.29, 0.717) is 13.0 Å². The minimum absolute atomic E-state index is 0.0743.